The molecule has 9 nitrogen and oxygen atoms in total. The van der Waals surface area contributed by atoms with E-state index in [2.05, 4.69) is 11.0 Å². The molecule has 0 atom stereocenters. The van der Waals surface area contributed by atoms with Gasteiger partial charge in [0.05, 0.1) is 11.3 Å². The molecule has 0 unspecified atom stereocenters. The molecule has 1 saturated heterocycles. The Morgan fingerprint density at radius 3 is 2.32 bits per heavy atom. The summed E-state index contributed by atoms with van der Waals surface area (Å²) >= 11 is 0. The SMILES string of the molecule is Cc1ccc(-c2nc(C(=O)N3CCN(c4cc5ccccc5c(C(=O)O)c4C)CC3)cn2-c2ccc3c(c2)OCCO3)cc1. The van der Waals surface area contributed by atoms with Crippen LogP contribution in [0.25, 0.3) is 27.8 Å². The Balaban J connectivity index is 1.17. The van der Waals surface area contributed by atoms with Crippen molar-refractivity contribution in [3.05, 3.63) is 101 Å². The number of amides is 1. The number of aromatic nitrogens is 2. The summed E-state index contributed by atoms with van der Waals surface area (Å²) in [6, 6.07) is 23.4. The molecule has 1 N–H and O–H groups in total. The quantitative estimate of drug-likeness (QED) is 0.280. The molecule has 9 heteroatoms. The van der Waals surface area contributed by atoms with Gasteiger partial charge in [-0.2, -0.15) is 0 Å². The predicted molar refractivity (Wildman–Crippen MR) is 168 cm³/mol. The van der Waals surface area contributed by atoms with Crippen LogP contribution in [0.4, 0.5) is 5.69 Å². The number of hydrogen-bond donors (Lipinski definition) is 1. The number of carbonyl (C=O) groups excluding carboxylic acids is 1. The molecule has 1 amide bonds. The molecular formula is C35H32N4O5. The van der Waals surface area contributed by atoms with Crippen LogP contribution in [0.15, 0.2) is 79.0 Å². The molecule has 1 aromatic heterocycles. The predicted octanol–water partition coefficient (Wildman–Crippen LogP) is 5.74. The van der Waals surface area contributed by atoms with Crippen molar-refractivity contribution in [2.45, 2.75) is 13.8 Å². The number of ether oxygens (including phenoxy) is 2. The van der Waals surface area contributed by atoms with E-state index in [1.165, 1.54) is 0 Å². The number of anilines is 1. The molecule has 0 saturated carbocycles. The second kappa shape index (κ2) is 11.1. The molecule has 2 aliphatic heterocycles. The van der Waals surface area contributed by atoms with Crippen molar-refractivity contribution in [2.24, 2.45) is 0 Å². The summed E-state index contributed by atoms with van der Waals surface area (Å²) in [4.78, 5) is 34.9. The van der Waals surface area contributed by atoms with Crippen molar-refractivity contribution in [1.29, 1.82) is 0 Å². The van der Waals surface area contributed by atoms with Crippen LogP contribution in [0.1, 0.15) is 32.0 Å². The lowest BCUT2D eigenvalue weighted by molar-refractivity contribution is 0.0697. The largest absolute Gasteiger partial charge is 0.486 e. The summed E-state index contributed by atoms with van der Waals surface area (Å²) in [7, 11) is 0. The Labute approximate surface area is 254 Å². The Kier molecular flexibility index (Phi) is 6.93. The van der Waals surface area contributed by atoms with Gasteiger partial charge in [0.2, 0.25) is 0 Å². The number of carboxylic acids is 1. The zero-order valence-corrected chi connectivity index (χ0v) is 24.6. The van der Waals surface area contributed by atoms with E-state index in [1.54, 1.807) is 6.20 Å². The number of nitrogens with zero attached hydrogens (tertiary/aromatic N) is 4. The maximum absolute atomic E-state index is 13.9. The fraction of sp³-hybridized carbons (Fsp3) is 0.229. The fourth-order valence-electron chi connectivity index (χ4n) is 6.12. The van der Waals surface area contributed by atoms with Crippen molar-refractivity contribution in [2.75, 3.05) is 44.3 Å². The molecule has 2 aliphatic rings. The van der Waals surface area contributed by atoms with Crippen LogP contribution in [0, 0.1) is 13.8 Å². The lowest BCUT2D eigenvalue weighted by Crippen LogP contribution is -2.49. The molecule has 3 heterocycles. The van der Waals surface area contributed by atoms with Gasteiger partial charge in [-0.25, -0.2) is 9.78 Å². The monoisotopic (exact) mass is 588 g/mol. The number of benzene rings is 4. The Bertz CT molecular complexity index is 1910. The number of rotatable bonds is 5. The summed E-state index contributed by atoms with van der Waals surface area (Å²) in [6.45, 7) is 7.04. The summed E-state index contributed by atoms with van der Waals surface area (Å²) in [6.07, 6.45) is 1.79. The average molecular weight is 589 g/mol. The first-order valence-electron chi connectivity index (χ1n) is 14.7. The highest BCUT2D eigenvalue weighted by molar-refractivity contribution is 6.07. The second-order valence-electron chi connectivity index (χ2n) is 11.2. The average Bonchev–Trinajstić information content (AvgIpc) is 3.50. The highest BCUT2D eigenvalue weighted by Crippen LogP contribution is 2.35. The number of imidazole rings is 1. The summed E-state index contributed by atoms with van der Waals surface area (Å²) < 4.78 is 13.5. The van der Waals surface area contributed by atoms with E-state index in [1.807, 2.05) is 90.0 Å². The molecule has 1 fully saturated rings. The van der Waals surface area contributed by atoms with Crippen molar-refractivity contribution >= 4 is 28.3 Å². The maximum Gasteiger partial charge on any atom is 0.336 e. The lowest BCUT2D eigenvalue weighted by atomic mass is 9.97. The zero-order valence-electron chi connectivity index (χ0n) is 24.6. The van der Waals surface area contributed by atoms with Gasteiger partial charge in [0.15, 0.2) is 11.5 Å². The van der Waals surface area contributed by atoms with Crippen LogP contribution in [-0.4, -0.2) is 70.8 Å². The molecule has 0 radical (unpaired) electrons. The second-order valence-corrected chi connectivity index (χ2v) is 11.2. The zero-order chi connectivity index (χ0) is 30.4. The van der Waals surface area contributed by atoms with Crippen LogP contribution in [0.5, 0.6) is 11.5 Å². The van der Waals surface area contributed by atoms with Gasteiger partial charge in [-0.1, -0.05) is 54.1 Å². The highest BCUT2D eigenvalue weighted by atomic mass is 16.6. The van der Waals surface area contributed by atoms with Crippen LogP contribution in [0.3, 0.4) is 0 Å². The van der Waals surface area contributed by atoms with E-state index in [0.717, 1.165) is 38.8 Å². The van der Waals surface area contributed by atoms with Crippen LogP contribution < -0.4 is 14.4 Å². The van der Waals surface area contributed by atoms with Crippen molar-refractivity contribution < 1.29 is 24.2 Å². The Morgan fingerprint density at radius 2 is 1.57 bits per heavy atom. The smallest absolute Gasteiger partial charge is 0.336 e. The molecule has 5 aromatic rings. The topological polar surface area (TPSA) is 97.1 Å². The molecule has 0 spiro atoms. The number of piperazine rings is 1. The first-order valence-corrected chi connectivity index (χ1v) is 14.7. The van der Waals surface area contributed by atoms with Gasteiger partial charge in [-0.15, -0.1) is 0 Å². The number of hydrogen-bond acceptors (Lipinski definition) is 6. The third-order valence-corrected chi connectivity index (χ3v) is 8.44. The van der Waals surface area contributed by atoms with Crippen LogP contribution >= 0.6 is 0 Å². The van der Waals surface area contributed by atoms with E-state index in [9.17, 15) is 14.7 Å². The number of aryl methyl sites for hydroxylation is 1. The first kappa shape index (κ1) is 27.5. The fourth-order valence-corrected chi connectivity index (χ4v) is 6.12. The third kappa shape index (κ3) is 4.90. The minimum atomic E-state index is -0.938. The highest BCUT2D eigenvalue weighted by Gasteiger charge is 2.28. The minimum Gasteiger partial charge on any atom is -0.486 e. The molecule has 44 heavy (non-hydrogen) atoms. The van der Waals surface area contributed by atoms with Crippen LogP contribution in [-0.2, 0) is 0 Å². The van der Waals surface area contributed by atoms with Gasteiger partial charge in [0.25, 0.3) is 5.91 Å². The van der Waals surface area contributed by atoms with Gasteiger partial charge >= 0.3 is 5.97 Å². The normalized spacial score (nSPS) is 14.6. The molecular weight excluding hydrogens is 556 g/mol. The van der Waals surface area contributed by atoms with Gasteiger partial charge in [0, 0.05) is 49.7 Å². The minimum absolute atomic E-state index is 0.143. The third-order valence-electron chi connectivity index (χ3n) is 8.44. The molecule has 7 rings (SSSR count). The number of aromatic carboxylic acids is 1. The molecule has 4 aromatic carbocycles. The van der Waals surface area contributed by atoms with Gasteiger partial charge in [0.1, 0.15) is 24.7 Å². The molecule has 222 valence electrons. The first-order chi connectivity index (χ1) is 21.4. The molecule has 0 bridgehead atoms. The van der Waals surface area contributed by atoms with E-state index < -0.39 is 5.97 Å². The Morgan fingerprint density at radius 1 is 0.841 bits per heavy atom. The Hall–Kier alpha value is -5.31. The van der Waals surface area contributed by atoms with Gasteiger partial charge in [-0.3, -0.25) is 9.36 Å². The number of carbonyl (C=O) groups is 2. The van der Waals surface area contributed by atoms with E-state index >= 15 is 0 Å². The standard InChI is InChI=1S/C35H32N4O5/c1-22-7-9-24(10-8-22)33-36-28(21-39(33)26-11-12-30-31(20-26)44-18-17-43-30)34(40)38-15-13-37(14-16-38)29-19-25-5-3-4-6-27(25)32(23(29)2)35(41)42/h3-12,19-21H,13-18H2,1-2H3,(H,41,42). The summed E-state index contributed by atoms with van der Waals surface area (Å²) in [5.41, 5.74) is 5.16. The molecule has 0 aliphatic carbocycles. The van der Waals surface area contributed by atoms with Gasteiger partial charge in [-0.05, 0) is 48.4 Å². The van der Waals surface area contributed by atoms with Crippen molar-refractivity contribution in [3.63, 3.8) is 0 Å². The van der Waals surface area contributed by atoms with E-state index in [-0.39, 0.29) is 5.91 Å². The summed E-state index contributed by atoms with van der Waals surface area (Å²) in [5.74, 6) is 0.944. The lowest BCUT2D eigenvalue weighted by Gasteiger charge is -2.37. The maximum atomic E-state index is 13.9. The van der Waals surface area contributed by atoms with E-state index in [0.29, 0.717) is 68.0 Å². The van der Waals surface area contributed by atoms with Crippen LogP contribution in [0.2, 0.25) is 0 Å². The van der Waals surface area contributed by atoms with Gasteiger partial charge < -0.3 is 24.4 Å². The van der Waals surface area contributed by atoms with Crippen molar-refractivity contribution in [3.8, 4) is 28.6 Å². The summed E-state index contributed by atoms with van der Waals surface area (Å²) in [5, 5.41) is 11.6. The van der Waals surface area contributed by atoms with E-state index in [4.69, 9.17) is 14.5 Å². The van der Waals surface area contributed by atoms with Crippen molar-refractivity contribution in [1.82, 2.24) is 14.5 Å². The number of carboxylic acid groups (broad SMARTS) is 1. The number of fused-ring (bicyclic) bond motifs is 2.